The molecular weight excluding hydrogens is 406 g/mol. The van der Waals surface area contributed by atoms with Gasteiger partial charge in [-0.1, -0.05) is 56.3 Å². The van der Waals surface area contributed by atoms with Crippen molar-refractivity contribution in [3.63, 3.8) is 0 Å². The van der Waals surface area contributed by atoms with Crippen LogP contribution in [0.2, 0.25) is 0 Å². The highest BCUT2D eigenvalue weighted by atomic mass is 16.3. The molecule has 1 amide bonds. The Bertz CT molecular complexity index is 942. The molecule has 1 unspecified atom stereocenters. The molecule has 0 aliphatic heterocycles. The van der Waals surface area contributed by atoms with Crippen LogP contribution >= 0.6 is 0 Å². The number of amides is 1. The molecule has 2 rings (SSSR count). The monoisotopic (exact) mass is 441 g/mol. The summed E-state index contributed by atoms with van der Waals surface area (Å²) < 4.78 is 0. The van der Waals surface area contributed by atoms with Gasteiger partial charge >= 0.3 is 0 Å². The van der Waals surface area contributed by atoms with Crippen molar-refractivity contribution in [2.45, 2.75) is 45.8 Å². The second-order valence-electron chi connectivity index (χ2n) is 8.69. The number of ketones is 2. The van der Waals surface area contributed by atoms with E-state index >= 15 is 0 Å². The Labute approximate surface area is 189 Å². The Morgan fingerprint density at radius 3 is 2.19 bits per heavy atom. The van der Waals surface area contributed by atoms with Crippen LogP contribution in [0.4, 0.5) is 0 Å². The van der Waals surface area contributed by atoms with Gasteiger partial charge in [0.2, 0.25) is 5.91 Å². The number of carbonyl (C=O) groups is 3. The highest BCUT2D eigenvalue weighted by Crippen LogP contribution is 2.21. The molecule has 0 radical (unpaired) electrons. The fourth-order valence-electron chi connectivity index (χ4n) is 3.77. The van der Waals surface area contributed by atoms with Crippen molar-refractivity contribution in [3.8, 4) is 0 Å². The van der Waals surface area contributed by atoms with Crippen LogP contribution in [-0.2, 0) is 20.8 Å². The van der Waals surface area contributed by atoms with Gasteiger partial charge in [-0.15, -0.1) is 0 Å². The van der Waals surface area contributed by atoms with Crippen LogP contribution < -0.4 is 16.8 Å². The minimum absolute atomic E-state index is 0.0450. The highest BCUT2D eigenvalue weighted by molar-refractivity contribution is 5.93. The lowest BCUT2D eigenvalue weighted by Gasteiger charge is -2.25. The summed E-state index contributed by atoms with van der Waals surface area (Å²) in [5, 5.41) is 15.0. The van der Waals surface area contributed by atoms with Gasteiger partial charge in [0, 0.05) is 31.3 Å². The van der Waals surface area contributed by atoms with Gasteiger partial charge in [0.15, 0.2) is 5.78 Å². The van der Waals surface area contributed by atoms with Crippen molar-refractivity contribution < 1.29 is 19.5 Å². The summed E-state index contributed by atoms with van der Waals surface area (Å²) in [6.45, 7) is 5.00. The number of nitrogens with one attached hydrogen (secondary N) is 1. The molecule has 0 heterocycles. The van der Waals surface area contributed by atoms with Crippen molar-refractivity contribution in [2.75, 3.05) is 13.1 Å². The van der Waals surface area contributed by atoms with Gasteiger partial charge in [0.1, 0.15) is 5.78 Å². The van der Waals surface area contributed by atoms with E-state index in [0.29, 0.717) is 6.42 Å². The van der Waals surface area contributed by atoms with Crippen LogP contribution in [0.15, 0.2) is 42.5 Å². The first-order valence-corrected chi connectivity index (χ1v) is 11.1. The third-order valence-electron chi connectivity index (χ3n) is 5.84. The lowest BCUT2D eigenvalue weighted by atomic mass is 9.86. The first-order valence-electron chi connectivity index (χ1n) is 11.1. The van der Waals surface area contributed by atoms with Crippen LogP contribution in [0.3, 0.4) is 0 Å². The van der Waals surface area contributed by atoms with Crippen LogP contribution in [0, 0.1) is 17.8 Å². The minimum Gasteiger partial charge on any atom is -0.393 e. The molecule has 0 spiro atoms. The SMILES string of the molecule is CC(C)C(=O)[C@H](CN)NC(=O)[C@@H](CC(=O)C(CN)Cc1ccc2ccccc2c1)[C@H](C)O. The molecule has 7 heteroatoms. The third kappa shape index (κ3) is 6.69. The lowest BCUT2D eigenvalue weighted by Crippen LogP contribution is -2.51. The van der Waals surface area contributed by atoms with Gasteiger partial charge in [0.25, 0.3) is 0 Å². The first-order chi connectivity index (χ1) is 15.2. The topological polar surface area (TPSA) is 136 Å². The Morgan fingerprint density at radius 1 is 0.969 bits per heavy atom. The van der Waals surface area contributed by atoms with Crippen molar-refractivity contribution in [1.82, 2.24) is 5.32 Å². The summed E-state index contributed by atoms with van der Waals surface area (Å²) in [5.41, 5.74) is 12.5. The number of benzene rings is 2. The van der Waals surface area contributed by atoms with Gasteiger partial charge < -0.3 is 21.9 Å². The zero-order valence-electron chi connectivity index (χ0n) is 19.1. The number of hydrogen-bond acceptors (Lipinski definition) is 6. The van der Waals surface area contributed by atoms with Gasteiger partial charge in [0.05, 0.1) is 18.1 Å². The van der Waals surface area contributed by atoms with E-state index in [2.05, 4.69) is 5.32 Å². The zero-order valence-corrected chi connectivity index (χ0v) is 19.1. The number of aliphatic hydroxyl groups excluding tert-OH is 1. The fraction of sp³-hybridized carbons (Fsp3) is 0.480. The van der Waals surface area contributed by atoms with Crippen molar-refractivity contribution in [2.24, 2.45) is 29.2 Å². The molecule has 0 aromatic heterocycles. The first kappa shape index (κ1) is 25.6. The largest absolute Gasteiger partial charge is 0.393 e. The van der Waals surface area contributed by atoms with E-state index in [1.54, 1.807) is 13.8 Å². The number of carbonyl (C=O) groups excluding carboxylic acids is 3. The van der Waals surface area contributed by atoms with E-state index in [1.807, 2.05) is 42.5 Å². The Kier molecular flexibility index (Phi) is 9.50. The molecule has 7 nitrogen and oxygen atoms in total. The smallest absolute Gasteiger partial charge is 0.226 e. The van der Waals surface area contributed by atoms with E-state index in [1.165, 1.54) is 6.92 Å². The van der Waals surface area contributed by atoms with Crippen molar-refractivity contribution in [3.05, 3.63) is 48.0 Å². The molecule has 0 aliphatic rings. The molecular formula is C25H35N3O4. The van der Waals surface area contributed by atoms with E-state index < -0.39 is 29.9 Å². The molecule has 32 heavy (non-hydrogen) atoms. The standard InChI is InChI=1S/C25H35N3O4/c1-15(2)24(31)22(14-27)28-25(32)21(16(3)29)12-23(30)20(13-26)11-17-8-9-18-6-4-5-7-19(18)10-17/h4-10,15-16,20-22,29H,11-14,26-27H2,1-3H3,(H,28,32)/t16-,20?,21-,22-/m0/s1. The summed E-state index contributed by atoms with van der Waals surface area (Å²) >= 11 is 0. The number of aliphatic hydroxyl groups is 1. The summed E-state index contributed by atoms with van der Waals surface area (Å²) in [7, 11) is 0. The van der Waals surface area contributed by atoms with Gasteiger partial charge in [-0.05, 0) is 29.7 Å². The van der Waals surface area contributed by atoms with E-state index in [-0.39, 0.29) is 37.0 Å². The summed E-state index contributed by atoms with van der Waals surface area (Å²) in [5.74, 6) is -2.69. The highest BCUT2D eigenvalue weighted by Gasteiger charge is 2.32. The van der Waals surface area contributed by atoms with Gasteiger partial charge in [-0.2, -0.15) is 0 Å². The number of rotatable bonds is 12. The molecule has 4 atom stereocenters. The summed E-state index contributed by atoms with van der Waals surface area (Å²) in [6.07, 6.45) is -0.775. The molecule has 174 valence electrons. The summed E-state index contributed by atoms with van der Waals surface area (Å²) in [4.78, 5) is 38.0. The second kappa shape index (κ2) is 11.9. The predicted molar refractivity (Wildman–Crippen MR) is 126 cm³/mol. The minimum atomic E-state index is -1.06. The predicted octanol–water partition coefficient (Wildman–Crippen LogP) is 1.58. The molecule has 0 saturated heterocycles. The van der Waals surface area contributed by atoms with Crippen LogP contribution in [0.5, 0.6) is 0 Å². The van der Waals surface area contributed by atoms with Crippen LogP contribution in [0.25, 0.3) is 10.8 Å². The fourth-order valence-corrected chi connectivity index (χ4v) is 3.77. The molecule has 0 bridgehead atoms. The molecule has 0 saturated carbocycles. The Hall–Kier alpha value is -2.61. The van der Waals surface area contributed by atoms with Gasteiger partial charge in [-0.3, -0.25) is 14.4 Å². The van der Waals surface area contributed by atoms with Crippen molar-refractivity contribution in [1.29, 1.82) is 0 Å². The van der Waals surface area contributed by atoms with E-state index in [9.17, 15) is 19.5 Å². The van der Waals surface area contributed by atoms with Gasteiger partial charge in [-0.25, -0.2) is 0 Å². The molecule has 0 fully saturated rings. The Morgan fingerprint density at radius 2 is 1.62 bits per heavy atom. The van der Waals surface area contributed by atoms with Crippen LogP contribution in [-0.4, -0.2) is 47.8 Å². The number of hydrogen-bond donors (Lipinski definition) is 4. The molecule has 6 N–H and O–H groups in total. The lowest BCUT2D eigenvalue weighted by molar-refractivity contribution is -0.136. The number of fused-ring (bicyclic) bond motifs is 1. The maximum absolute atomic E-state index is 13.0. The maximum atomic E-state index is 13.0. The average molecular weight is 442 g/mol. The van der Waals surface area contributed by atoms with Crippen molar-refractivity contribution >= 4 is 28.2 Å². The van der Waals surface area contributed by atoms with E-state index in [0.717, 1.165) is 16.3 Å². The number of Topliss-reactive ketones (excluding diaryl/α,β-unsaturated/α-hetero) is 2. The second-order valence-corrected chi connectivity index (χ2v) is 8.69. The summed E-state index contributed by atoms with van der Waals surface area (Å²) in [6, 6.07) is 13.1. The molecule has 0 aliphatic carbocycles. The molecule has 2 aromatic rings. The van der Waals surface area contributed by atoms with Crippen LogP contribution in [0.1, 0.15) is 32.8 Å². The zero-order chi connectivity index (χ0) is 23.8. The average Bonchev–Trinajstić information content (AvgIpc) is 2.78. The Balaban J connectivity index is 2.10. The normalized spacial score (nSPS) is 15.2. The quantitative estimate of drug-likeness (QED) is 0.395. The number of nitrogens with two attached hydrogens (primary N) is 2. The third-order valence-corrected chi connectivity index (χ3v) is 5.84. The van der Waals surface area contributed by atoms with E-state index in [4.69, 9.17) is 11.5 Å². The maximum Gasteiger partial charge on any atom is 0.226 e. The molecule has 2 aromatic carbocycles.